The van der Waals surface area contributed by atoms with E-state index < -0.39 is 0 Å². The predicted octanol–water partition coefficient (Wildman–Crippen LogP) is 0.846. The van der Waals surface area contributed by atoms with E-state index in [1.165, 1.54) is 0 Å². The summed E-state index contributed by atoms with van der Waals surface area (Å²) < 4.78 is 0. The van der Waals surface area contributed by atoms with Gasteiger partial charge in [-0.3, -0.25) is 4.79 Å². The zero-order valence-corrected chi connectivity index (χ0v) is 8.39. The van der Waals surface area contributed by atoms with Crippen LogP contribution in [0.25, 0.3) is 0 Å². The second kappa shape index (κ2) is 3.90. The van der Waals surface area contributed by atoms with Gasteiger partial charge in [0.25, 0.3) is 0 Å². The maximum atomic E-state index is 11.6. The van der Waals surface area contributed by atoms with E-state index in [4.69, 9.17) is 10.8 Å². The largest absolute Gasteiger partial charge is 0.508 e. The third kappa shape index (κ3) is 2.10. The summed E-state index contributed by atoms with van der Waals surface area (Å²) in [6.07, 6.45) is 1.26. The standard InChI is InChI=1S/C11H14N2O2/c12-8-1-6-11(15)13(7-8)9-2-4-10(14)5-3-9/h2-5,8,14H,1,6-7,12H2. The van der Waals surface area contributed by atoms with Crippen molar-refractivity contribution >= 4 is 11.6 Å². The molecule has 1 amide bonds. The molecule has 0 radical (unpaired) electrons. The highest BCUT2D eigenvalue weighted by molar-refractivity contribution is 5.94. The monoisotopic (exact) mass is 206 g/mol. The Morgan fingerprint density at radius 1 is 1.33 bits per heavy atom. The van der Waals surface area contributed by atoms with Gasteiger partial charge in [0.2, 0.25) is 5.91 Å². The van der Waals surface area contributed by atoms with Crippen LogP contribution in [-0.2, 0) is 4.79 Å². The van der Waals surface area contributed by atoms with Gasteiger partial charge in [-0.1, -0.05) is 0 Å². The van der Waals surface area contributed by atoms with Gasteiger partial charge in [-0.15, -0.1) is 0 Å². The second-order valence-electron chi connectivity index (χ2n) is 3.82. The van der Waals surface area contributed by atoms with E-state index in [1.54, 1.807) is 29.2 Å². The summed E-state index contributed by atoms with van der Waals surface area (Å²) in [5.74, 6) is 0.301. The Labute approximate surface area is 88.3 Å². The van der Waals surface area contributed by atoms with Crippen molar-refractivity contribution in [2.75, 3.05) is 11.4 Å². The lowest BCUT2D eigenvalue weighted by atomic mass is 10.1. The van der Waals surface area contributed by atoms with E-state index in [-0.39, 0.29) is 17.7 Å². The van der Waals surface area contributed by atoms with Gasteiger partial charge in [0.15, 0.2) is 0 Å². The van der Waals surface area contributed by atoms with Crippen LogP contribution < -0.4 is 10.6 Å². The van der Waals surface area contributed by atoms with Gasteiger partial charge in [0, 0.05) is 24.7 Å². The fraction of sp³-hybridized carbons (Fsp3) is 0.364. The number of carbonyl (C=O) groups excluding carboxylic acids is 1. The van der Waals surface area contributed by atoms with Gasteiger partial charge in [-0.05, 0) is 30.7 Å². The first-order valence-corrected chi connectivity index (χ1v) is 5.02. The number of amides is 1. The maximum Gasteiger partial charge on any atom is 0.227 e. The van der Waals surface area contributed by atoms with E-state index in [0.29, 0.717) is 13.0 Å². The van der Waals surface area contributed by atoms with E-state index in [9.17, 15) is 4.79 Å². The molecule has 0 spiro atoms. The van der Waals surface area contributed by atoms with Crippen LogP contribution in [0.5, 0.6) is 5.75 Å². The molecule has 15 heavy (non-hydrogen) atoms. The minimum absolute atomic E-state index is 0.0523. The summed E-state index contributed by atoms with van der Waals surface area (Å²) in [5, 5.41) is 9.14. The molecule has 1 atom stereocenters. The molecule has 1 unspecified atom stereocenters. The first kappa shape index (κ1) is 9.98. The van der Waals surface area contributed by atoms with Crippen LogP contribution in [-0.4, -0.2) is 23.6 Å². The van der Waals surface area contributed by atoms with Crippen molar-refractivity contribution in [2.45, 2.75) is 18.9 Å². The topological polar surface area (TPSA) is 66.6 Å². The van der Waals surface area contributed by atoms with Crippen molar-refractivity contribution < 1.29 is 9.90 Å². The van der Waals surface area contributed by atoms with Crippen molar-refractivity contribution in [3.63, 3.8) is 0 Å². The molecule has 1 saturated heterocycles. The molecule has 1 aromatic rings. The summed E-state index contributed by atoms with van der Waals surface area (Å²) in [4.78, 5) is 13.3. The quantitative estimate of drug-likeness (QED) is 0.715. The first-order chi connectivity index (χ1) is 7.16. The molecule has 2 rings (SSSR count). The highest BCUT2D eigenvalue weighted by Gasteiger charge is 2.24. The first-order valence-electron chi connectivity index (χ1n) is 5.02. The molecule has 0 aliphatic carbocycles. The Hall–Kier alpha value is -1.55. The minimum atomic E-state index is 0.0523. The Balaban J connectivity index is 2.21. The van der Waals surface area contributed by atoms with Crippen LogP contribution in [0.2, 0.25) is 0 Å². The smallest absolute Gasteiger partial charge is 0.227 e. The number of anilines is 1. The van der Waals surface area contributed by atoms with Crippen LogP contribution in [0, 0.1) is 0 Å². The van der Waals surface area contributed by atoms with E-state index in [2.05, 4.69) is 0 Å². The van der Waals surface area contributed by atoms with Crippen LogP contribution in [0.3, 0.4) is 0 Å². The van der Waals surface area contributed by atoms with Crippen LogP contribution >= 0.6 is 0 Å². The SMILES string of the molecule is NC1CCC(=O)N(c2ccc(O)cc2)C1. The van der Waals surface area contributed by atoms with Crippen molar-refractivity contribution in [3.05, 3.63) is 24.3 Å². The zero-order valence-electron chi connectivity index (χ0n) is 8.39. The number of hydrogen-bond acceptors (Lipinski definition) is 3. The van der Waals surface area contributed by atoms with E-state index in [0.717, 1.165) is 12.1 Å². The van der Waals surface area contributed by atoms with Crippen LogP contribution in [0.1, 0.15) is 12.8 Å². The van der Waals surface area contributed by atoms with Crippen molar-refractivity contribution in [2.24, 2.45) is 5.73 Å². The molecule has 3 N–H and O–H groups in total. The molecule has 1 aromatic carbocycles. The number of rotatable bonds is 1. The van der Waals surface area contributed by atoms with Gasteiger partial charge in [-0.2, -0.15) is 0 Å². The number of carbonyl (C=O) groups is 1. The number of phenols is 1. The number of nitrogens with two attached hydrogens (primary N) is 1. The molecule has 0 aromatic heterocycles. The number of hydrogen-bond donors (Lipinski definition) is 2. The summed E-state index contributed by atoms with van der Waals surface area (Å²) in [7, 11) is 0. The molecular weight excluding hydrogens is 192 g/mol. The molecule has 1 aliphatic rings. The van der Waals surface area contributed by atoms with Gasteiger partial charge in [0.05, 0.1) is 0 Å². The fourth-order valence-corrected chi connectivity index (χ4v) is 1.75. The number of nitrogens with zero attached hydrogens (tertiary/aromatic N) is 1. The molecule has 0 saturated carbocycles. The molecule has 1 fully saturated rings. The fourth-order valence-electron chi connectivity index (χ4n) is 1.75. The van der Waals surface area contributed by atoms with E-state index in [1.807, 2.05) is 0 Å². The number of phenolic OH excluding ortho intramolecular Hbond substituents is 1. The Morgan fingerprint density at radius 3 is 2.67 bits per heavy atom. The van der Waals surface area contributed by atoms with Crippen molar-refractivity contribution in [3.8, 4) is 5.75 Å². The summed E-state index contributed by atoms with van der Waals surface area (Å²) >= 11 is 0. The Kier molecular flexibility index (Phi) is 2.60. The van der Waals surface area contributed by atoms with Gasteiger partial charge < -0.3 is 15.7 Å². The van der Waals surface area contributed by atoms with Gasteiger partial charge in [-0.25, -0.2) is 0 Å². The lowest BCUT2D eigenvalue weighted by Crippen LogP contribution is -2.46. The summed E-state index contributed by atoms with van der Waals surface area (Å²) in [5.41, 5.74) is 6.61. The minimum Gasteiger partial charge on any atom is -0.508 e. The highest BCUT2D eigenvalue weighted by Crippen LogP contribution is 2.22. The lowest BCUT2D eigenvalue weighted by molar-refractivity contribution is -0.119. The maximum absolute atomic E-state index is 11.6. The number of aromatic hydroxyl groups is 1. The van der Waals surface area contributed by atoms with Gasteiger partial charge in [0.1, 0.15) is 5.75 Å². The Morgan fingerprint density at radius 2 is 2.00 bits per heavy atom. The zero-order chi connectivity index (χ0) is 10.8. The average molecular weight is 206 g/mol. The summed E-state index contributed by atoms with van der Waals surface area (Å²) in [6.45, 7) is 0.559. The van der Waals surface area contributed by atoms with Crippen LogP contribution in [0.4, 0.5) is 5.69 Å². The van der Waals surface area contributed by atoms with Crippen LogP contribution in [0.15, 0.2) is 24.3 Å². The number of benzene rings is 1. The molecule has 1 aliphatic heterocycles. The molecule has 0 bridgehead atoms. The Bertz CT molecular complexity index is 361. The molecule has 4 nitrogen and oxygen atoms in total. The molecular formula is C11H14N2O2. The highest BCUT2D eigenvalue weighted by atomic mass is 16.3. The van der Waals surface area contributed by atoms with Crippen molar-refractivity contribution in [1.29, 1.82) is 0 Å². The molecule has 1 heterocycles. The normalized spacial score (nSPS) is 21.8. The molecule has 80 valence electrons. The summed E-state index contributed by atoms with van der Waals surface area (Å²) in [6, 6.07) is 6.65. The van der Waals surface area contributed by atoms with E-state index >= 15 is 0 Å². The van der Waals surface area contributed by atoms with Gasteiger partial charge >= 0.3 is 0 Å². The third-order valence-corrected chi connectivity index (χ3v) is 2.61. The van der Waals surface area contributed by atoms with Crippen molar-refractivity contribution in [1.82, 2.24) is 0 Å². The molecule has 4 heteroatoms. The lowest BCUT2D eigenvalue weighted by Gasteiger charge is -2.30. The predicted molar refractivity (Wildman–Crippen MR) is 57.7 cm³/mol. The number of piperidine rings is 1. The average Bonchev–Trinajstić information content (AvgIpc) is 2.23. The second-order valence-corrected chi connectivity index (χ2v) is 3.82. The third-order valence-electron chi connectivity index (χ3n) is 2.61.